The summed E-state index contributed by atoms with van der Waals surface area (Å²) < 4.78 is 7.23. The Bertz CT molecular complexity index is 3330. The molecular formula is C44H24N4S. The molecule has 0 unspecified atom stereocenters. The standard InChI is InChI=1S/C44H24N4S/c1-2-12-25(13-3-1)43-45-39-30-18-8-11-21-37(30)49-42(39)44(46-43)48-34-19-9-6-16-28(34)32-24-33-31-22-26-14-4-5-15-27(26)23-36(31)47-35-20-10-7-17-29(35)38(40(33)47)41(32)48/h1-24H. The Balaban J connectivity index is 1.35. The highest BCUT2D eigenvalue weighted by molar-refractivity contribution is 7.26. The van der Waals surface area contributed by atoms with Crippen LogP contribution in [0.1, 0.15) is 0 Å². The van der Waals surface area contributed by atoms with Gasteiger partial charge in [0, 0.05) is 48.0 Å². The average molecular weight is 641 g/mol. The van der Waals surface area contributed by atoms with Gasteiger partial charge in [-0.15, -0.1) is 11.3 Å². The lowest BCUT2D eigenvalue weighted by Crippen LogP contribution is -2.01. The molecule has 0 bridgehead atoms. The van der Waals surface area contributed by atoms with E-state index in [-0.39, 0.29) is 0 Å². The fourth-order valence-electron chi connectivity index (χ4n) is 8.35. The van der Waals surface area contributed by atoms with Crippen LogP contribution in [0, 0.1) is 0 Å². The Morgan fingerprint density at radius 2 is 1.14 bits per heavy atom. The minimum Gasteiger partial charge on any atom is -0.308 e. The van der Waals surface area contributed by atoms with Crippen LogP contribution in [0.3, 0.4) is 0 Å². The van der Waals surface area contributed by atoms with E-state index in [1.807, 2.05) is 6.07 Å². The summed E-state index contributed by atoms with van der Waals surface area (Å²) in [5.74, 6) is 1.65. The van der Waals surface area contributed by atoms with Crippen molar-refractivity contribution in [1.82, 2.24) is 18.9 Å². The first-order valence-electron chi connectivity index (χ1n) is 16.6. The van der Waals surface area contributed by atoms with Gasteiger partial charge in [0.25, 0.3) is 0 Å². The summed E-state index contributed by atoms with van der Waals surface area (Å²) in [4.78, 5) is 10.7. The minimum atomic E-state index is 0.733. The number of aromatic nitrogens is 4. The van der Waals surface area contributed by atoms with E-state index in [2.05, 4.69) is 148 Å². The zero-order chi connectivity index (χ0) is 31.8. The molecule has 0 atom stereocenters. The van der Waals surface area contributed by atoms with E-state index in [0.717, 1.165) is 38.3 Å². The highest BCUT2D eigenvalue weighted by Gasteiger charge is 2.26. The molecule has 0 radical (unpaired) electrons. The normalized spacial score (nSPS) is 12.5. The summed E-state index contributed by atoms with van der Waals surface area (Å²) in [6.07, 6.45) is 0. The topological polar surface area (TPSA) is 35.1 Å². The van der Waals surface area contributed by atoms with Crippen molar-refractivity contribution < 1.29 is 0 Å². The van der Waals surface area contributed by atoms with Gasteiger partial charge in [-0.2, -0.15) is 0 Å². The van der Waals surface area contributed by atoms with Gasteiger partial charge >= 0.3 is 0 Å². The maximum atomic E-state index is 5.47. The van der Waals surface area contributed by atoms with Crippen LogP contribution in [-0.4, -0.2) is 18.9 Å². The number of hydrogen-bond acceptors (Lipinski definition) is 3. The van der Waals surface area contributed by atoms with E-state index in [1.54, 1.807) is 11.3 Å². The molecule has 12 rings (SSSR count). The van der Waals surface area contributed by atoms with Crippen molar-refractivity contribution in [3.8, 4) is 17.2 Å². The minimum absolute atomic E-state index is 0.733. The molecule has 12 aromatic rings. The third kappa shape index (κ3) is 3.27. The van der Waals surface area contributed by atoms with E-state index in [4.69, 9.17) is 9.97 Å². The molecule has 0 fully saturated rings. The third-order valence-corrected chi connectivity index (χ3v) is 11.6. The summed E-state index contributed by atoms with van der Waals surface area (Å²) in [6, 6.07) is 52.6. The molecule has 0 amide bonds. The maximum absolute atomic E-state index is 5.47. The molecule has 0 saturated heterocycles. The molecule has 0 saturated carbocycles. The summed E-state index contributed by atoms with van der Waals surface area (Å²) >= 11 is 1.78. The lowest BCUT2D eigenvalue weighted by molar-refractivity contribution is 1.08. The van der Waals surface area contributed by atoms with Crippen LogP contribution in [0.4, 0.5) is 0 Å². The molecule has 0 aliphatic rings. The highest BCUT2D eigenvalue weighted by Crippen LogP contribution is 2.48. The predicted octanol–water partition coefficient (Wildman–Crippen LogP) is 11.9. The molecule has 5 aromatic heterocycles. The molecule has 4 nitrogen and oxygen atoms in total. The van der Waals surface area contributed by atoms with E-state index in [9.17, 15) is 0 Å². The quantitative estimate of drug-likeness (QED) is 0.188. The van der Waals surface area contributed by atoms with Crippen molar-refractivity contribution in [2.45, 2.75) is 0 Å². The fraction of sp³-hybridized carbons (Fsp3) is 0. The number of fused-ring (bicyclic) bond motifs is 14. The van der Waals surface area contributed by atoms with Crippen molar-refractivity contribution >= 4 is 102 Å². The fourth-order valence-corrected chi connectivity index (χ4v) is 9.48. The Morgan fingerprint density at radius 3 is 2.00 bits per heavy atom. The summed E-state index contributed by atoms with van der Waals surface area (Å²) in [5.41, 5.74) is 8.04. The van der Waals surface area contributed by atoms with Gasteiger partial charge in [-0.3, -0.25) is 4.57 Å². The highest BCUT2D eigenvalue weighted by atomic mass is 32.1. The second-order valence-electron chi connectivity index (χ2n) is 13.0. The molecule has 226 valence electrons. The number of benzene rings is 7. The van der Waals surface area contributed by atoms with Crippen molar-refractivity contribution in [3.63, 3.8) is 0 Å². The first-order valence-corrected chi connectivity index (χ1v) is 17.4. The maximum Gasteiger partial charge on any atom is 0.162 e. The molecule has 0 aliphatic heterocycles. The number of hydrogen-bond donors (Lipinski definition) is 0. The second-order valence-corrected chi connectivity index (χ2v) is 14.0. The lowest BCUT2D eigenvalue weighted by atomic mass is 10.0. The molecule has 0 spiro atoms. The van der Waals surface area contributed by atoms with Crippen LogP contribution >= 0.6 is 11.3 Å². The molecule has 49 heavy (non-hydrogen) atoms. The molecule has 5 heterocycles. The van der Waals surface area contributed by atoms with Crippen molar-refractivity contribution in [3.05, 3.63) is 146 Å². The second kappa shape index (κ2) is 9.19. The zero-order valence-corrected chi connectivity index (χ0v) is 26.9. The molecule has 0 N–H and O–H groups in total. The molecular weight excluding hydrogens is 617 g/mol. The van der Waals surface area contributed by atoms with Crippen LogP contribution in [0.15, 0.2) is 146 Å². The van der Waals surface area contributed by atoms with Crippen LogP contribution in [0.2, 0.25) is 0 Å². The lowest BCUT2D eigenvalue weighted by Gasteiger charge is -2.11. The monoisotopic (exact) mass is 640 g/mol. The Morgan fingerprint density at radius 1 is 0.469 bits per heavy atom. The van der Waals surface area contributed by atoms with E-state index < -0.39 is 0 Å². The molecule has 0 aliphatic carbocycles. The summed E-state index contributed by atoms with van der Waals surface area (Å²) in [5, 5.41) is 11.2. The van der Waals surface area contributed by atoms with Gasteiger partial charge in [-0.05, 0) is 47.2 Å². The Labute approximate surface area is 283 Å². The van der Waals surface area contributed by atoms with Crippen LogP contribution in [-0.2, 0) is 0 Å². The number of nitrogens with zero attached hydrogens (tertiary/aromatic N) is 4. The largest absolute Gasteiger partial charge is 0.308 e. The molecule has 7 aromatic carbocycles. The number of para-hydroxylation sites is 2. The van der Waals surface area contributed by atoms with Crippen LogP contribution in [0.5, 0.6) is 0 Å². The third-order valence-electron chi connectivity index (χ3n) is 10.4. The smallest absolute Gasteiger partial charge is 0.162 e. The SMILES string of the molecule is c1ccc(-c2nc(-n3c4ccccc4c4cc5c6cc7ccccc7cc6n6c7ccccc7c(c43)c56)c3sc4ccccc4c3n2)cc1. The van der Waals surface area contributed by atoms with Crippen molar-refractivity contribution in [2.24, 2.45) is 0 Å². The number of thiophene rings is 1. The summed E-state index contributed by atoms with van der Waals surface area (Å²) in [7, 11) is 0. The van der Waals surface area contributed by atoms with Crippen molar-refractivity contribution in [2.75, 3.05) is 0 Å². The van der Waals surface area contributed by atoms with Gasteiger partial charge in [-0.25, -0.2) is 9.97 Å². The van der Waals surface area contributed by atoms with Gasteiger partial charge in [-0.1, -0.05) is 109 Å². The van der Waals surface area contributed by atoms with E-state index >= 15 is 0 Å². The average Bonchev–Trinajstić information content (AvgIpc) is 3.89. The summed E-state index contributed by atoms with van der Waals surface area (Å²) in [6.45, 7) is 0. The van der Waals surface area contributed by atoms with Crippen molar-refractivity contribution in [1.29, 1.82) is 0 Å². The van der Waals surface area contributed by atoms with Gasteiger partial charge in [0.2, 0.25) is 0 Å². The zero-order valence-electron chi connectivity index (χ0n) is 26.1. The Kier molecular flexibility index (Phi) is 4.83. The van der Waals surface area contributed by atoms with Crippen LogP contribution < -0.4 is 0 Å². The van der Waals surface area contributed by atoms with Gasteiger partial charge in [0.05, 0.1) is 37.8 Å². The predicted molar refractivity (Wildman–Crippen MR) is 207 cm³/mol. The number of rotatable bonds is 2. The van der Waals surface area contributed by atoms with E-state index in [0.29, 0.717) is 0 Å². The van der Waals surface area contributed by atoms with Crippen LogP contribution in [0.25, 0.3) is 108 Å². The van der Waals surface area contributed by atoms with Gasteiger partial charge < -0.3 is 4.40 Å². The van der Waals surface area contributed by atoms with Gasteiger partial charge in [0.1, 0.15) is 0 Å². The Hall–Kier alpha value is -6.30. The first-order chi connectivity index (χ1) is 24.3. The molecule has 5 heteroatoms. The first kappa shape index (κ1) is 25.7. The van der Waals surface area contributed by atoms with E-state index in [1.165, 1.54) is 69.9 Å². The van der Waals surface area contributed by atoms with Gasteiger partial charge in [0.15, 0.2) is 11.6 Å².